The quantitative estimate of drug-likeness (QED) is 0.698. The van der Waals surface area contributed by atoms with Crippen LogP contribution in [0.4, 0.5) is 0 Å². The zero-order chi connectivity index (χ0) is 12.8. The van der Waals surface area contributed by atoms with Crippen LogP contribution in [0.25, 0.3) is 0 Å². The molecule has 1 rings (SSSR count). The molecule has 3 radical (unpaired) electrons. The van der Waals surface area contributed by atoms with E-state index in [9.17, 15) is 0 Å². The predicted octanol–water partition coefficient (Wildman–Crippen LogP) is 2.70. The van der Waals surface area contributed by atoms with E-state index in [0.717, 1.165) is 13.1 Å². The molecular weight excluding hydrogens is 222 g/mol. The van der Waals surface area contributed by atoms with Crippen molar-refractivity contribution in [2.45, 2.75) is 46.1 Å². The zero-order valence-corrected chi connectivity index (χ0v) is 12.5. The van der Waals surface area contributed by atoms with Crippen LogP contribution in [0.3, 0.4) is 0 Å². The van der Waals surface area contributed by atoms with Crippen LogP contribution in [0.2, 0.25) is 0 Å². The molecule has 0 amide bonds. The molecule has 0 spiro atoms. The maximum Gasteiger partial charge on any atom is 0.0715 e. The first-order valence-electron chi connectivity index (χ1n) is 6.70. The molecule has 0 saturated carbocycles. The summed E-state index contributed by atoms with van der Waals surface area (Å²) in [5.74, 6) is 0.601. The number of hydrogen-bond acceptors (Lipinski definition) is 1. The molecule has 0 saturated heterocycles. The van der Waals surface area contributed by atoms with E-state index in [-0.39, 0.29) is 0 Å². The van der Waals surface area contributed by atoms with E-state index >= 15 is 0 Å². The van der Waals surface area contributed by atoms with Gasteiger partial charge in [0.25, 0.3) is 0 Å². The lowest BCUT2D eigenvalue weighted by Gasteiger charge is -2.34. The summed E-state index contributed by atoms with van der Waals surface area (Å²) in [5, 5.41) is 1.23. The summed E-state index contributed by atoms with van der Waals surface area (Å²) in [7, 11) is 3.73. The molecule has 0 N–H and O–H groups in total. The van der Waals surface area contributed by atoms with Crippen molar-refractivity contribution in [1.29, 1.82) is 0 Å². The van der Waals surface area contributed by atoms with Gasteiger partial charge in [0.05, 0.1) is 10.2 Å². The van der Waals surface area contributed by atoms with Gasteiger partial charge in [0.2, 0.25) is 0 Å². The van der Waals surface area contributed by atoms with E-state index in [0.29, 0.717) is 12.0 Å². The summed E-state index contributed by atoms with van der Waals surface area (Å²) in [6.07, 6.45) is 1.18. The third kappa shape index (κ3) is 3.43. The molecule has 0 aliphatic rings. The minimum Gasteiger partial charge on any atom is -0.301 e. The molecule has 2 heteroatoms. The zero-order valence-electron chi connectivity index (χ0n) is 11.5. The van der Waals surface area contributed by atoms with Crippen LogP contribution in [0.5, 0.6) is 0 Å². The van der Waals surface area contributed by atoms with Crippen molar-refractivity contribution in [2.24, 2.45) is 0 Å². The van der Waals surface area contributed by atoms with Crippen LogP contribution in [0, 0.1) is 0 Å². The van der Waals surface area contributed by atoms with Gasteiger partial charge in [-0.15, -0.1) is 0 Å². The molecule has 17 heavy (non-hydrogen) atoms. The van der Waals surface area contributed by atoms with Crippen LogP contribution in [-0.4, -0.2) is 34.3 Å². The van der Waals surface area contributed by atoms with Crippen molar-refractivity contribution < 1.29 is 0 Å². The summed E-state index contributed by atoms with van der Waals surface area (Å²) in [4.78, 5) is 2.53. The van der Waals surface area contributed by atoms with E-state index < -0.39 is 0 Å². The monoisotopic (exact) mass is 246 g/mol. The van der Waals surface area contributed by atoms with Crippen LogP contribution in [0.1, 0.15) is 45.6 Å². The molecule has 0 heterocycles. The number of likely N-dealkylation sites (N-methyl/N-ethyl adjacent to an activating group) is 1. The highest BCUT2D eigenvalue weighted by atomic mass is 28.1. The second-order valence-electron chi connectivity index (χ2n) is 4.56. The lowest BCUT2D eigenvalue weighted by atomic mass is 9.89. The molecule has 1 aromatic rings. The van der Waals surface area contributed by atoms with Crippen molar-refractivity contribution in [2.75, 3.05) is 13.1 Å². The van der Waals surface area contributed by atoms with E-state index in [2.05, 4.69) is 67.1 Å². The van der Waals surface area contributed by atoms with Crippen LogP contribution in [0.15, 0.2) is 24.3 Å². The van der Waals surface area contributed by atoms with Crippen molar-refractivity contribution in [1.82, 2.24) is 4.90 Å². The van der Waals surface area contributed by atoms with Crippen molar-refractivity contribution in [3.8, 4) is 0 Å². The average Bonchev–Trinajstić information content (AvgIpc) is 2.34. The molecule has 93 valence electrons. The molecule has 1 nitrogen and oxygen atoms in total. The lowest BCUT2D eigenvalue weighted by Crippen LogP contribution is -2.38. The smallest absolute Gasteiger partial charge is 0.0715 e. The standard InChI is InChI=1S/C15H24NSi/c1-5-13(12(4)16(6-2)7-3)14-10-8-9-11-15(14)17/h8-13H,5-7H2,1-4H3. The van der Waals surface area contributed by atoms with E-state index in [4.69, 9.17) is 0 Å². The summed E-state index contributed by atoms with van der Waals surface area (Å²) in [6.45, 7) is 11.4. The van der Waals surface area contributed by atoms with Gasteiger partial charge in [-0.3, -0.25) is 0 Å². The maximum absolute atomic E-state index is 3.73. The molecule has 2 atom stereocenters. The Balaban J connectivity index is 2.95. The van der Waals surface area contributed by atoms with Gasteiger partial charge >= 0.3 is 0 Å². The minimum absolute atomic E-state index is 0.590. The van der Waals surface area contributed by atoms with Gasteiger partial charge < -0.3 is 4.90 Å². The minimum atomic E-state index is 0.590. The Hall–Kier alpha value is -0.603. The Bertz CT molecular complexity index is 333. The second-order valence-corrected chi connectivity index (χ2v) is 5.10. The lowest BCUT2D eigenvalue weighted by molar-refractivity contribution is 0.199. The largest absolute Gasteiger partial charge is 0.301 e. The number of hydrogen-bond donors (Lipinski definition) is 0. The van der Waals surface area contributed by atoms with Crippen molar-refractivity contribution in [3.63, 3.8) is 0 Å². The molecule has 0 fully saturated rings. The fourth-order valence-electron chi connectivity index (χ4n) is 2.70. The topological polar surface area (TPSA) is 3.24 Å². The van der Waals surface area contributed by atoms with E-state index in [1.165, 1.54) is 17.2 Å². The maximum atomic E-state index is 3.73. The summed E-state index contributed by atoms with van der Waals surface area (Å²) < 4.78 is 0. The first kappa shape index (κ1) is 14.5. The Morgan fingerprint density at radius 3 is 2.18 bits per heavy atom. The molecule has 0 aliphatic heterocycles. The first-order chi connectivity index (χ1) is 8.15. The molecule has 0 aromatic heterocycles. The van der Waals surface area contributed by atoms with Gasteiger partial charge in [-0.05, 0) is 37.9 Å². The summed E-state index contributed by atoms with van der Waals surface area (Å²) >= 11 is 0. The number of rotatable bonds is 6. The molecular formula is C15H24NSi. The van der Waals surface area contributed by atoms with Crippen LogP contribution < -0.4 is 5.19 Å². The van der Waals surface area contributed by atoms with Gasteiger partial charge in [0.15, 0.2) is 0 Å². The normalized spacial score (nSPS) is 14.9. The van der Waals surface area contributed by atoms with Gasteiger partial charge in [-0.2, -0.15) is 0 Å². The Morgan fingerprint density at radius 2 is 1.71 bits per heavy atom. The highest BCUT2D eigenvalue weighted by Crippen LogP contribution is 2.25. The third-order valence-electron chi connectivity index (χ3n) is 3.77. The average molecular weight is 246 g/mol. The molecule has 0 aliphatic carbocycles. The second kappa shape index (κ2) is 6.97. The van der Waals surface area contributed by atoms with Gasteiger partial charge in [0.1, 0.15) is 0 Å². The van der Waals surface area contributed by atoms with E-state index in [1.807, 2.05) is 0 Å². The first-order valence-corrected chi connectivity index (χ1v) is 7.20. The fourth-order valence-corrected chi connectivity index (χ4v) is 3.06. The van der Waals surface area contributed by atoms with Crippen LogP contribution >= 0.6 is 0 Å². The summed E-state index contributed by atoms with van der Waals surface area (Å²) in [5.41, 5.74) is 1.44. The highest BCUT2D eigenvalue weighted by molar-refractivity contribution is 6.33. The van der Waals surface area contributed by atoms with Gasteiger partial charge in [-0.25, -0.2) is 0 Å². The highest BCUT2D eigenvalue weighted by Gasteiger charge is 2.22. The fraction of sp³-hybridized carbons (Fsp3) is 0.600. The Kier molecular flexibility index (Phi) is 5.93. The summed E-state index contributed by atoms with van der Waals surface area (Å²) in [6, 6.07) is 9.20. The van der Waals surface area contributed by atoms with E-state index in [1.54, 1.807) is 0 Å². The van der Waals surface area contributed by atoms with Gasteiger partial charge in [0, 0.05) is 6.04 Å². The predicted molar refractivity (Wildman–Crippen MR) is 77.2 cm³/mol. The number of nitrogens with zero attached hydrogens (tertiary/aromatic N) is 1. The number of benzene rings is 1. The van der Waals surface area contributed by atoms with Crippen molar-refractivity contribution in [3.05, 3.63) is 29.8 Å². The van der Waals surface area contributed by atoms with Gasteiger partial charge in [-0.1, -0.05) is 50.2 Å². The SMILES string of the molecule is CCC(c1ccccc1[Si])C(C)N(CC)CC. The third-order valence-corrected chi connectivity index (χ3v) is 4.23. The Morgan fingerprint density at radius 1 is 1.12 bits per heavy atom. The van der Waals surface area contributed by atoms with Crippen molar-refractivity contribution >= 4 is 15.4 Å². The molecule has 1 aromatic carbocycles. The molecule has 2 unspecified atom stereocenters. The molecule has 0 bridgehead atoms. The Labute approximate surface area is 110 Å². The van der Waals surface area contributed by atoms with Crippen LogP contribution in [-0.2, 0) is 0 Å².